The molecule has 3 heteroatoms. The highest BCUT2D eigenvalue weighted by Crippen LogP contribution is 2.27. The molecular weight excluding hydrogens is 272 g/mol. The molecule has 0 aliphatic heterocycles. The van der Waals surface area contributed by atoms with Crippen molar-refractivity contribution in [2.45, 2.75) is 19.3 Å². The number of ether oxygens (including phenoxy) is 1. The molecule has 2 aromatic rings. The molecular formula is C17H17ClO2. The highest BCUT2D eigenvalue weighted by atomic mass is 35.5. The fraction of sp³-hybridized carbons (Fsp3) is 0.235. The zero-order valence-corrected chi connectivity index (χ0v) is 12.0. The third-order valence-corrected chi connectivity index (χ3v) is 3.37. The van der Waals surface area contributed by atoms with Crippen LogP contribution in [0.1, 0.15) is 28.8 Å². The molecule has 2 rings (SSSR count). The molecule has 2 nitrogen and oxygen atoms in total. The van der Waals surface area contributed by atoms with Crippen molar-refractivity contribution in [2.75, 3.05) is 6.61 Å². The molecule has 104 valence electrons. The summed E-state index contributed by atoms with van der Waals surface area (Å²) in [5.41, 5.74) is 1.83. The lowest BCUT2D eigenvalue weighted by molar-refractivity contribution is 0.111. The quantitative estimate of drug-likeness (QED) is 0.552. The Hall–Kier alpha value is -1.80. The topological polar surface area (TPSA) is 26.3 Å². The fourth-order valence-electron chi connectivity index (χ4n) is 2.02. The standard InChI is InChI=1S/C17H17ClO2/c18-16-11-6-10-15(13-19)17(16)20-12-5-4-9-14-7-2-1-3-8-14/h1-3,6-8,10-11,13H,4-5,9,12H2. The minimum atomic E-state index is 0.484. The lowest BCUT2D eigenvalue weighted by Gasteiger charge is -2.10. The highest BCUT2D eigenvalue weighted by Gasteiger charge is 2.07. The second-order valence-corrected chi connectivity index (χ2v) is 4.97. The number of carbonyl (C=O) groups excluding carboxylic acids is 1. The van der Waals surface area contributed by atoms with Gasteiger partial charge in [-0.3, -0.25) is 4.79 Å². The van der Waals surface area contributed by atoms with Gasteiger partial charge in [-0.25, -0.2) is 0 Å². The Kier molecular flexibility index (Phi) is 5.63. The molecule has 0 unspecified atom stereocenters. The first kappa shape index (κ1) is 14.6. The van der Waals surface area contributed by atoms with Crippen LogP contribution < -0.4 is 4.74 Å². The van der Waals surface area contributed by atoms with Crippen LogP contribution >= 0.6 is 11.6 Å². The van der Waals surface area contributed by atoms with Gasteiger partial charge in [-0.15, -0.1) is 0 Å². The van der Waals surface area contributed by atoms with Gasteiger partial charge in [0.15, 0.2) is 6.29 Å². The first-order valence-corrected chi connectivity index (χ1v) is 7.09. The van der Waals surface area contributed by atoms with Gasteiger partial charge in [0.1, 0.15) is 5.75 Å². The van der Waals surface area contributed by atoms with E-state index in [1.807, 2.05) is 18.2 Å². The highest BCUT2D eigenvalue weighted by molar-refractivity contribution is 6.32. The van der Waals surface area contributed by atoms with Crippen molar-refractivity contribution in [1.82, 2.24) is 0 Å². The van der Waals surface area contributed by atoms with Crippen molar-refractivity contribution in [1.29, 1.82) is 0 Å². The van der Waals surface area contributed by atoms with Crippen LogP contribution in [0.5, 0.6) is 5.75 Å². The van der Waals surface area contributed by atoms with Gasteiger partial charge in [-0.05, 0) is 37.0 Å². The van der Waals surface area contributed by atoms with Crippen LogP contribution in [0.2, 0.25) is 5.02 Å². The van der Waals surface area contributed by atoms with E-state index in [4.69, 9.17) is 16.3 Å². The Morgan fingerprint density at radius 2 is 1.80 bits per heavy atom. The molecule has 0 amide bonds. The van der Waals surface area contributed by atoms with Gasteiger partial charge < -0.3 is 4.74 Å². The molecule has 0 fully saturated rings. The number of hydrogen-bond acceptors (Lipinski definition) is 2. The molecule has 0 spiro atoms. The summed E-state index contributed by atoms with van der Waals surface area (Å²) in [6.45, 7) is 0.567. The normalized spacial score (nSPS) is 10.2. The Labute approximate surface area is 124 Å². The Morgan fingerprint density at radius 1 is 1.00 bits per heavy atom. The van der Waals surface area contributed by atoms with Crippen LogP contribution in [0.15, 0.2) is 48.5 Å². The molecule has 0 saturated carbocycles. The molecule has 20 heavy (non-hydrogen) atoms. The summed E-state index contributed by atoms with van der Waals surface area (Å²) < 4.78 is 5.63. The zero-order valence-electron chi connectivity index (χ0n) is 11.2. The van der Waals surface area contributed by atoms with E-state index in [9.17, 15) is 4.79 Å². The third kappa shape index (κ3) is 4.10. The van der Waals surface area contributed by atoms with Crippen molar-refractivity contribution in [3.8, 4) is 5.75 Å². The molecule has 0 aliphatic rings. The first-order chi connectivity index (χ1) is 9.81. The van der Waals surface area contributed by atoms with Crippen molar-refractivity contribution in [3.05, 3.63) is 64.7 Å². The summed E-state index contributed by atoms with van der Waals surface area (Å²) in [6, 6.07) is 15.5. The van der Waals surface area contributed by atoms with Crippen LogP contribution in [0.4, 0.5) is 0 Å². The van der Waals surface area contributed by atoms with Crippen molar-refractivity contribution >= 4 is 17.9 Å². The second kappa shape index (κ2) is 7.71. The maximum Gasteiger partial charge on any atom is 0.153 e. The smallest absolute Gasteiger partial charge is 0.153 e. The van der Waals surface area contributed by atoms with Crippen molar-refractivity contribution < 1.29 is 9.53 Å². The number of benzene rings is 2. The molecule has 2 aromatic carbocycles. The largest absolute Gasteiger partial charge is 0.491 e. The van der Waals surface area contributed by atoms with Crippen LogP contribution in [-0.4, -0.2) is 12.9 Å². The molecule has 0 radical (unpaired) electrons. The van der Waals surface area contributed by atoms with E-state index in [0.29, 0.717) is 22.9 Å². The molecule has 0 atom stereocenters. The molecule has 0 heterocycles. The minimum absolute atomic E-state index is 0.484. The maximum atomic E-state index is 10.9. The summed E-state index contributed by atoms with van der Waals surface area (Å²) >= 11 is 6.03. The molecule has 0 N–H and O–H groups in total. The summed E-state index contributed by atoms with van der Waals surface area (Å²) in [5, 5.41) is 0.484. The van der Waals surface area contributed by atoms with Gasteiger partial charge in [0, 0.05) is 0 Å². The van der Waals surface area contributed by atoms with Gasteiger partial charge in [0.25, 0.3) is 0 Å². The Balaban J connectivity index is 1.78. The lowest BCUT2D eigenvalue weighted by atomic mass is 10.1. The van der Waals surface area contributed by atoms with Crippen LogP contribution in [0, 0.1) is 0 Å². The number of carbonyl (C=O) groups is 1. The fourth-order valence-corrected chi connectivity index (χ4v) is 2.26. The predicted molar refractivity (Wildman–Crippen MR) is 81.7 cm³/mol. The number of unbranched alkanes of at least 4 members (excludes halogenated alkanes) is 1. The average Bonchev–Trinajstić information content (AvgIpc) is 2.49. The first-order valence-electron chi connectivity index (χ1n) is 6.71. The van der Waals surface area contributed by atoms with Crippen LogP contribution in [0.25, 0.3) is 0 Å². The number of para-hydroxylation sites is 1. The number of aldehydes is 1. The SMILES string of the molecule is O=Cc1cccc(Cl)c1OCCCCc1ccccc1. The van der Waals surface area contributed by atoms with E-state index in [1.165, 1.54) is 5.56 Å². The number of rotatable bonds is 7. The van der Waals surface area contributed by atoms with E-state index < -0.39 is 0 Å². The van der Waals surface area contributed by atoms with Gasteiger partial charge in [0.2, 0.25) is 0 Å². The summed E-state index contributed by atoms with van der Waals surface area (Å²) in [4.78, 5) is 10.9. The lowest BCUT2D eigenvalue weighted by Crippen LogP contribution is -2.01. The van der Waals surface area contributed by atoms with E-state index >= 15 is 0 Å². The number of aryl methyl sites for hydroxylation is 1. The second-order valence-electron chi connectivity index (χ2n) is 4.57. The van der Waals surface area contributed by atoms with Gasteiger partial charge in [0.05, 0.1) is 17.2 Å². The van der Waals surface area contributed by atoms with E-state index in [-0.39, 0.29) is 0 Å². The van der Waals surface area contributed by atoms with Crippen molar-refractivity contribution in [2.24, 2.45) is 0 Å². The molecule has 0 saturated heterocycles. The van der Waals surface area contributed by atoms with E-state index in [0.717, 1.165) is 25.5 Å². The van der Waals surface area contributed by atoms with Crippen LogP contribution in [0.3, 0.4) is 0 Å². The van der Waals surface area contributed by atoms with Gasteiger partial charge >= 0.3 is 0 Å². The monoisotopic (exact) mass is 288 g/mol. The average molecular weight is 289 g/mol. The summed E-state index contributed by atoms with van der Waals surface area (Å²) in [5.74, 6) is 0.490. The van der Waals surface area contributed by atoms with E-state index in [1.54, 1.807) is 18.2 Å². The maximum absolute atomic E-state index is 10.9. The summed E-state index contributed by atoms with van der Waals surface area (Å²) in [6.07, 6.45) is 3.78. The minimum Gasteiger partial charge on any atom is -0.491 e. The number of halogens is 1. The third-order valence-electron chi connectivity index (χ3n) is 3.07. The summed E-state index contributed by atoms with van der Waals surface area (Å²) in [7, 11) is 0. The number of hydrogen-bond donors (Lipinski definition) is 0. The predicted octanol–water partition coefficient (Wildman–Crippen LogP) is 4.55. The zero-order chi connectivity index (χ0) is 14.2. The van der Waals surface area contributed by atoms with E-state index in [2.05, 4.69) is 12.1 Å². The molecule has 0 aliphatic carbocycles. The Morgan fingerprint density at radius 3 is 2.55 bits per heavy atom. The molecule has 0 bridgehead atoms. The molecule has 0 aromatic heterocycles. The van der Waals surface area contributed by atoms with Crippen molar-refractivity contribution in [3.63, 3.8) is 0 Å². The van der Waals surface area contributed by atoms with Gasteiger partial charge in [-0.2, -0.15) is 0 Å². The Bertz CT molecular complexity index is 552. The van der Waals surface area contributed by atoms with Gasteiger partial charge in [-0.1, -0.05) is 48.0 Å². The van der Waals surface area contributed by atoms with Crippen LogP contribution in [-0.2, 0) is 6.42 Å².